The van der Waals surface area contributed by atoms with E-state index >= 15 is 0 Å². The quantitative estimate of drug-likeness (QED) is 0.790. The molecule has 0 saturated carbocycles. The van der Waals surface area contributed by atoms with Gasteiger partial charge in [0.05, 0.1) is 23.8 Å². The zero-order chi connectivity index (χ0) is 15.3. The van der Waals surface area contributed by atoms with Gasteiger partial charge in [0.2, 0.25) is 0 Å². The molecule has 0 fully saturated rings. The average Bonchev–Trinajstić information content (AvgIpc) is 2.33. The van der Waals surface area contributed by atoms with Gasteiger partial charge >= 0.3 is 12.1 Å². The Bertz CT molecular complexity index is 472. The van der Waals surface area contributed by atoms with Gasteiger partial charge in [-0.15, -0.1) is 0 Å². The number of aromatic carboxylic acids is 1. The van der Waals surface area contributed by atoms with Gasteiger partial charge in [-0.25, -0.2) is 4.79 Å². The average molecular weight is 291 g/mol. The van der Waals surface area contributed by atoms with E-state index in [4.69, 9.17) is 9.84 Å². The number of nitrogens with one attached hydrogen (secondary N) is 1. The minimum absolute atomic E-state index is 0.0309. The van der Waals surface area contributed by atoms with E-state index in [2.05, 4.69) is 5.32 Å². The SMILES string of the molecule is CC(C)OCCNc1ccc(C(F)(F)F)cc1C(=O)O. The number of ether oxygens (including phenoxy) is 1. The van der Waals surface area contributed by atoms with Crippen LogP contribution in [0.3, 0.4) is 0 Å². The molecule has 0 aromatic heterocycles. The Morgan fingerprint density at radius 2 is 2.05 bits per heavy atom. The minimum Gasteiger partial charge on any atom is -0.478 e. The Balaban J connectivity index is 2.83. The molecule has 1 aromatic rings. The van der Waals surface area contributed by atoms with Crippen LogP contribution in [0.15, 0.2) is 18.2 Å². The summed E-state index contributed by atoms with van der Waals surface area (Å²) >= 11 is 0. The van der Waals surface area contributed by atoms with E-state index in [-0.39, 0.29) is 11.8 Å². The summed E-state index contributed by atoms with van der Waals surface area (Å²) in [5, 5.41) is 11.7. The molecule has 1 aromatic carbocycles. The monoisotopic (exact) mass is 291 g/mol. The zero-order valence-corrected chi connectivity index (χ0v) is 11.1. The fourth-order valence-corrected chi connectivity index (χ4v) is 1.53. The molecule has 0 amide bonds. The number of anilines is 1. The number of alkyl halides is 3. The standard InChI is InChI=1S/C13H16F3NO3/c1-8(2)20-6-5-17-11-4-3-9(13(14,15)16)7-10(11)12(18)19/h3-4,7-8,17H,5-6H2,1-2H3,(H,18,19). The van der Waals surface area contributed by atoms with Gasteiger partial charge in [0, 0.05) is 12.2 Å². The first kappa shape index (κ1) is 16.3. The van der Waals surface area contributed by atoms with Gasteiger partial charge in [-0.2, -0.15) is 13.2 Å². The predicted molar refractivity (Wildman–Crippen MR) is 68.0 cm³/mol. The topological polar surface area (TPSA) is 58.6 Å². The van der Waals surface area contributed by atoms with Crippen LogP contribution in [-0.2, 0) is 10.9 Å². The second kappa shape index (κ2) is 6.60. The molecule has 7 heteroatoms. The number of hydrogen-bond acceptors (Lipinski definition) is 3. The van der Waals surface area contributed by atoms with Crippen molar-refractivity contribution >= 4 is 11.7 Å². The highest BCUT2D eigenvalue weighted by atomic mass is 19.4. The molecular weight excluding hydrogens is 275 g/mol. The lowest BCUT2D eigenvalue weighted by Gasteiger charge is -2.13. The van der Waals surface area contributed by atoms with E-state index in [0.29, 0.717) is 19.2 Å². The van der Waals surface area contributed by atoms with Crippen LogP contribution in [0, 0.1) is 0 Å². The first-order valence-corrected chi connectivity index (χ1v) is 6.02. The van der Waals surface area contributed by atoms with Gasteiger partial charge in [-0.05, 0) is 32.0 Å². The maximum absolute atomic E-state index is 12.5. The Kier molecular flexibility index (Phi) is 5.38. The first-order chi connectivity index (χ1) is 9.21. The summed E-state index contributed by atoms with van der Waals surface area (Å²) in [6, 6.07) is 2.58. The zero-order valence-electron chi connectivity index (χ0n) is 11.1. The van der Waals surface area contributed by atoms with Crippen molar-refractivity contribution in [1.29, 1.82) is 0 Å². The van der Waals surface area contributed by atoms with Crippen molar-refractivity contribution in [3.63, 3.8) is 0 Å². The van der Waals surface area contributed by atoms with Gasteiger partial charge in [0.1, 0.15) is 0 Å². The van der Waals surface area contributed by atoms with E-state index < -0.39 is 23.3 Å². The van der Waals surface area contributed by atoms with Crippen LogP contribution in [0.2, 0.25) is 0 Å². The van der Waals surface area contributed by atoms with E-state index in [1.165, 1.54) is 0 Å². The predicted octanol–water partition coefficient (Wildman–Crippen LogP) is 3.24. The van der Waals surface area contributed by atoms with Crippen molar-refractivity contribution in [2.75, 3.05) is 18.5 Å². The van der Waals surface area contributed by atoms with Crippen LogP contribution < -0.4 is 5.32 Å². The summed E-state index contributed by atoms with van der Waals surface area (Å²) in [4.78, 5) is 11.0. The van der Waals surface area contributed by atoms with Crippen LogP contribution >= 0.6 is 0 Å². The van der Waals surface area contributed by atoms with Crippen molar-refractivity contribution < 1.29 is 27.8 Å². The Morgan fingerprint density at radius 1 is 1.40 bits per heavy atom. The third-order valence-corrected chi connectivity index (χ3v) is 2.45. The first-order valence-electron chi connectivity index (χ1n) is 6.02. The third-order valence-electron chi connectivity index (χ3n) is 2.45. The molecule has 20 heavy (non-hydrogen) atoms. The van der Waals surface area contributed by atoms with Crippen molar-refractivity contribution in [1.82, 2.24) is 0 Å². The largest absolute Gasteiger partial charge is 0.478 e. The van der Waals surface area contributed by atoms with Gasteiger partial charge in [-0.3, -0.25) is 0 Å². The number of carbonyl (C=O) groups is 1. The maximum atomic E-state index is 12.5. The highest BCUT2D eigenvalue weighted by molar-refractivity contribution is 5.94. The normalized spacial score (nSPS) is 11.7. The molecule has 0 unspecified atom stereocenters. The second-order valence-electron chi connectivity index (χ2n) is 4.41. The number of halogens is 3. The fourth-order valence-electron chi connectivity index (χ4n) is 1.53. The number of carboxylic acid groups (broad SMARTS) is 1. The summed E-state index contributed by atoms with van der Waals surface area (Å²) < 4.78 is 42.8. The smallest absolute Gasteiger partial charge is 0.416 e. The number of hydrogen-bond donors (Lipinski definition) is 2. The van der Waals surface area contributed by atoms with E-state index in [1.807, 2.05) is 13.8 Å². The Morgan fingerprint density at radius 3 is 2.55 bits per heavy atom. The molecule has 0 spiro atoms. The molecule has 0 aliphatic heterocycles. The summed E-state index contributed by atoms with van der Waals surface area (Å²) in [6.45, 7) is 4.34. The van der Waals surface area contributed by atoms with E-state index in [0.717, 1.165) is 12.1 Å². The molecule has 2 N–H and O–H groups in total. The molecule has 0 atom stereocenters. The molecule has 112 valence electrons. The maximum Gasteiger partial charge on any atom is 0.416 e. The molecule has 0 bridgehead atoms. The van der Waals surface area contributed by atoms with Crippen molar-refractivity contribution in [2.24, 2.45) is 0 Å². The highest BCUT2D eigenvalue weighted by Gasteiger charge is 2.31. The summed E-state index contributed by atoms with van der Waals surface area (Å²) in [6.07, 6.45) is -4.54. The Hall–Kier alpha value is -1.76. The third kappa shape index (κ3) is 4.73. The fraction of sp³-hybridized carbons (Fsp3) is 0.462. The molecule has 0 radical (unpaired) electrons. The summed E-state index contributed by atoms with van der Waals surface area (Å²) in [5.41, 5.74) is -1.26. The Labute approximate surface area is 114 Å². The summed E-state index contributed by atoms with van der Waals surface area (Å²) in [7, 11) is 0. The molecule has 0 aliphatic rings. The van der Waals surface area contributed by atoms with Crippen LogP contribution in [0.1, 0.15) is 29.8 Å². The minimum atomic E-state index is -4.57. The van der Waals surface area contributed by atoms with E-state index in [1.54, 1.807) is 0 Å². The molecule has 1 rings (SSSR count). The molecule has 0 heterocycles. The molecule has 4 nitrogen and oxygen atoms in total. The molecule has 0 saturated heterocycles. The van der Waals surface area contributed by atoms with Gasteiger partial charge < -0.3 is 15.2 Å². The second-order valence-corrected chi connectivity index (χ2v) is 4.41. The summed E-state index contributed by atoms with van der Waals surface area (Å²) in [5.74, 6) is -1.41. The van der Waals surface area contributed by atoms with Crippen LogP contribution in [0.25, 0.3) is 0 Å². The lowest BCUT2D eigenvalue weighted by molar-refractivity contribution is -0.137. The number of carboxylic acids is 1. The van der Waals surface area contributed by atoms with Crippen molar-refractivity contribution in [3.8, 4) is 0 Å². The van der Waals surface area contributed by atoms with Gasteiger partial charge in [0.15, 0.2) is 0 Å². The van der Waals surface area contributed by atoms with Crippen LogP contribution in [-0.4, -0.2) is 30.3 Å². The lowest BCUT2D eigenvalue weighted by atomic mass is 10.1. The highest BCUT2D eigenvalue weighted by Crippen LogP contribution is 2.31. The van der Waals surface area contributed by atoms with E-state index in [9.17, 15) is 18.0 Å². The molecular formula is C13H16F3NO3. The van der Waals surface area contributed by atoms with Crippen LogP contribution in [0.5, 0.6) is 0 Å². The lowest BCUT2D eigenvalue weighted by Crippen LogP contribution is -2.16. The number of benzene rings is 1. The van der Waals surface area contributed by atoms with Gasteiger partial charge in [0.25, 0.3) is 0 Å². The number of rotatable bonds is 6. The van der Waals surface area contributed by atoms with Crippen molar-refractivity contribution in [2.45, 2.75) is 26.1 Å². The van der Waals surface area contributed by atoms with Gasteiger partial charge in [-0.1, -0.05) is 0 Å². The van der Waals surface area contributed by atoms with Crippen LogP contribution in [0.4, 0.5) is 18.9 Å². The molecule has 0 aliphatic carbocycles. The van der Waals surface area contributed by atoms with Crippen molar-refractivity contribution in [3.05, 3.63) is 29.3 Å².